The Balaban J connectivity index is 1.35. The predicted octanol–water partition coefficient (Wildman–Crippen LogP) is 7.83. The number of rotatable bonds is 12. The van der Waals surface area contributed by atoms with Crippen LogP contribution >= 0.6 is 11.3 Å². The molecule has 2 amide bonds. The molecule has 1 saturated heterocycles. The van der Waals surface area contributed by atoms with E-state index in [1.807, 2.05) is 57.5 Å². The summed E-state index contributed by atoms with van der Waals surface area (Å²) in [4.78, 5) is 39.7. The Morgan fingerprint density at radius 3 is 2.46 bits per heavy atom. The maximum Gasteiger partial charge on any atom is 0.243 e. The van der Waals surface area contributed by atoms with Crippen LogP contribution in [0.3, 0.4) is 0 Å². The first-order valence-corrected chi connectivity index (χ1v) is 20.8. The lowest BCUT2D eigenvalue weighted by molar-refractivity contribution is -0.141. The molecule has 4 atom stereocenters. The van der Waals surface area contributed by atoms with Gasteiger partial charge < -0.3 is 23.9 Å². The van der Waals surface area contributed by atoms with E-state index in [2.05, 4.69) is 54.3 Å². The topological polar surface area (TPSA) is 120 Å². The number of ether oxygens (including phenoxy) is 1. The lowest BCUT2D eigenvalue weighted by Crippen LogP contribution is -2.48. The van der Waals surface area contributed by atoms with Crippen molar-refractivity contribution in [3.05, 3.63) is 82.7 Å². The van der Waals surface area contributed by atoms with Gasteiger partial charge in [-0.2, -0.15) is 0 Å². The lowest BCUT2D eigenvalue weighted by Gasteiger charge is -2.38. The molecule has 0 bridgehead atoms. The van der Waals surface area contributed by atoms with E-state index in [1.54, 1.807) is 22.3 Å². The number of nitrogens with zero attached hydrogens (tertiary/aromatic N) is 4. The van der Waals surface area contributed by atoms with Gasteiger partial charge in [-0.3, -0.25) is 9.59 Å². The number of pyridine rings is 1. The molecule has 10 nitrogen and oxygen atoms in total. The normalized spacial score (nSPS) is 17.9. The zero-order chi connectivity index (χ0) is 36.4. The number of hydrogen-bond acceptors (Lipinski definition) is 9. The number of likely N-dealkylation sites (tertiary alicyclic amines) is 1. The standard InChI is InChI=1S/C37H48FN5O5SSi/c1-22(2)33(31-17-28(42-47-31)20-46-32-16-27(38)14-15-39-32)36(45)43-19-29(48-50(8,9)37(5,6)7)18-30(43)35(44)41-23(3)25-10-12-26(13-11-25)34-24(4)40-21-49-34/h10-17,21-23,29-30,33H,18-20H2,1-9H3,(H,41,44)/t23?,29-,30+,33?/m1/s1. The van der Waals surface area contributed by atoms with Gasteiger partial charge in [-0.15, -0.1) is 11.3 Å². The molecule has 1 aromatic carbocycles. The summed E-state index contributed by atoms with van der Waals surface area (Å²) in [6.07, 6.45) is 1.41. The van der Waals surface area contributed by atoms with Gasteiger partial charge in [0.2, 0.25) is 17.7 Å². The van der Waals surface area contributed by atoms with Crippen molar-refractivity contribution in [2.24, 2.45) is 5.92 Å². The fourth-order valence-electron chi connectivity index (χ4n) is 5.93. The Morgan fingerprint density at radius 2 is 1.84 bits per heavy atom. The predicted molar refractivity (Wildman–Crippen MR) is 194 cm³/mol. The van der Waals surface area contributed by atoms with Gasteiger partial charge in [0.05, 0.1) is 28.2 Å². The fraction of sp³-hybridized carbons (Fsp3) is 0.486. The van der Waals surface area contributed by atoms with E-state index in [4.69, 9.17) is 13.7 Å². The molecule has 4 aromatic rings. The van der Waals surface area contributed by atoms with E-state index in [-0.39, 0.29) is 47.4 Å². The molecular formula is C37H48FN5O5SSi. The molecule has 50 heavy (non-hydrogen) atoms. The second kappa shape index (κ2) is 15.1. The second-order valence-electron chi connectivity index (χ2n) is 14.9. The van der Waals surface area contributed by atoms with Crippen molar-refractivity contribution in [1.29, 1.82) is 0 Å². The van der Waals surface area contributed by atoms with Gasteiger partial charge in [0.25, 0.3) is 0 Å². The van der Waals surface area contributed by atoms with Gasteiger partial charge in [0, 0.05) is 31.3 Å². The average molecular weight is 722 g/mol. The summed E-state index contributed by atoms with van der Waals surface area (Å²) < 4.78 is 31.7. The van der Waals surface area contributed by atoms with E-state index >= 15 is 0 Å². The summed E-state index contributed by atoms with van der Waals surface area (Å²) in [5.41, 5.74) is 5.30. The highest BCUT2D eigenvalue weighted by Crippen LogP contribution is 2.40. The summed E-state index contributed by atoms with van der Waals surface area (Å²) in [6.45, 7) is 19.0. The van der Waals surface area contributed by atoms with Crippen LogP contribution in [-0.4, -0.2) is 58.8 Å². The number of benzene rings is 1. The SMILES string of the molecule is Cc1ncsc1-c1ccc(C(C)NC(=O)[C@@H]2C[C@@H](O[Si](C)(C)C(C)(C)C)CN2C(=O)C(c2cc(COc3cc(F)ccn3)no2)C(C)C)cc1. The van der Waals surface area contributed by atoms with Gasteiger partial charge in [-0.1, -0.05) is 64.0 Å². The Kier molecular flexibility index (Phi) is 11.3. The molecule has 0 aliphatic carbocycles. The largest absolute Gasteiger partial charge is 0.471 e. The minimum Gasteiger partial charge on any atom is -0.471 e. The number of aromatic nitrogens is 3. The van der Waals surface area contributed by atoms with Crippen molar-refractivity contribution in [3.63, 3.8) is 0 Å². The summed E-state index contributed by atoms with van der Waals surface area (Å²) in [6, 6.07) is 11.2. The Morgan fingerprint density at radius 1 is 1.12 bits per heavy atom. The number of halogens is 1. The third kappa shape index (κ3) is 8.49. The molecule has 268 valence electrons. The summed E-state index contributed by atoms with van der Waals surface area (Å²) in [7, 11) is -2.21. The molecule has 1 N–H and O–H groups in total. The van der Waals surface area contributed by atoms with E-state index in [0.717, 1.165) is 21.7 Å². The molecule has 0 saturated carbocycles. The van der Waals surface area contributed by atoms with E-state index in [0.29, 0.717) is 24.4 Å². The summed E-state index contributed by atoms with van der Waals surface area (Å²) in [5, 5.41) is 7.25. The van der Waals surface area contributed by atoms with Crippen LogP contribution in [0.15, 0.2) is 58.7 Å². The minimum atomic E-state index is -2.21. The van der Waals surface area contributed by atoms with Crippen LogP contribution in [0.5, 0.6) is 5.88 Å². The Bertz CT molecular complexity index is 1790. The van der Waals surface area contributed by atoms with E-state index in [9.17, 15) is 14.0 Å². The maximum atomic E-state index is 14.5. The first-order chi connectivity index (χ1) is 23.5. The van der Waals surface area contributed by atoms with Crippen LogP contribution in [-0.2, 0) is 20.6 Å². The number of hydrogen-bond donors (Lipinski definition) is 1. The minimum absolute atomic E-state index is 0.0151. The van der Waals surface area contributed by atoms with E-state index < -0.39 is 26.1 Å². The quantitative estimate of drug-likeness (QED) is 0.147. The molecule has 5 rings (SSSR count). The number of thiazole rings is 1. The van der Waals surface area contributed by atoms with Crippen molar-refractivity contribution < 1.29 is 27.7 Å². The van der Waals surface area contributed by atoms with Crippen LogP contribution in [0.4, 0.5) is 4.39 Å². The molecule has 4 heterocycles. The fourth-order valence-corrected chi connectivity index (χ4v) is 8.10. The highest BCUT2D eigenvalue weighted by molar-refractivity contribution is 7.13. The summed E-state index contributed by atoms with van der Waals surface area (Å²) in [5.74, 6) is -1.31. The van der Waals surface area contributed by atoms with Gasteiger partial charge in [0.15, 0.2) is 8.32 Å². The molecule has 3 aromatic heterocycles. The van der Waals surface area contributed by atoms with Gasteiger partial charge in [-0.25, -0.2) is 14.4 Å². The van der Waals surface area contributed by atoms with Crippen LogP contribution in [0.25, 0.3) is 10.4 Å². The van der Waals surface area contributed by atoms with Crippen LogP contribution < -0.4 is 10.1 Å². The molecule has 2 unspecified atom stereocenters. The molecule has 13 heteroatoms. The summed E-state index contributed by atoms with van der Waals surface area (Å²) >= 11 is 1.60. The number of carbonyl (C=O) groups is 2. The van der Waals surface area contributed by atoms with Crippen molar-refractivity contribution in [2.45, 2.75) is 104 Å². The van der Waals surface area contributed by atoms with Gasteiger partial charge in [-0.05, 0) is 55.1 Å². The number of nitrogens with one attached hydrogen (secondary N) is 1. The molecule has 0 radical (unpaired) electrons. The lowest BCUT2D eigenvalue weighted by atomic mass is 9.91. The van der Waals surface area contributed by atoms with Gasteiger partial charge in [0.1, 0.15) is 35.8 Å². The second-order valence-corrected chi connectivity index (χ2v) is 20.5. The molecule has 1 aliphatic rings. The van der Waals surface area contributed by atoms with Crippen molar-refractivity contribution in [3.8, 4) is 16.3 Å². The molecular weight excluding hydrogens is 674 g/mol. The number of amides is 2. The third-order valence-corrected chi connectivity index (χ3v) is 15.3. The zero-order valence-corrected chi connectivity index (χ0v) is 32.1. The van der Waals surface area contributed by atoms with Crippen LogP contribution in [0, 0.1) is 18.7 Å². The van der Waals surface area contributed by atoms with Crippen molar-refractivity contribution in [1.82, 2.24) is 25.3 Å². The monoisotopic (exact) mass is 721 g/mol. The van der Waals surface area contributed by atoms with E-state index in [1.165, 1.54) is 18.3 Å². The first-order valence-electron chi connectivity index (χ1n) is 17.0. The van der Waals surface area contributed by atoms with Crippen LogP contribution in [0.1, 0.15) is 82.6 Å². The first kappa shape index (κ1) is 37.3. The average Bonchev–Trinajstić information content (AvgIpc) is 3.79. The Hall–Kier alpha value is -3.94. The third-order valence-electron chi connectivity index (χ3n) is 9.77. The molecule has 0 spiro atoms. The van der Waals surface area contributed by atoms with Crippen LogP contribution in [0.2, 0.25) is 18.1 Å². The van der Waals surface area contributed by atoms with Crippen molar-refractivity contribution in [2.75, 3.05) is 6.54 Å². The smallest absolute Gasteiger partial charge is 0.243 e. The molecule has 1 fully saturated rings. The number of carbonyl (C=O) groups excluding carboxylic acids is 2. The molecule has 1 aliphatic heterocycles. The zero-order valence-electron chi connectivity index (χ0n) is 30.3. The Labute approximate surface area is 298 Å². The highest BCUT2D eigenvalue weighted by Gasteiger charge is 2.47. The highest BCUT2D eigenvalue weighted by atomic mass is 32.1. The maximum absolute atomic E-state index is 14.5. The number of aryl methyl sites for hydroxylation is 1. The van der Waals surface area contributed by atoms with Crippen molar-refractivity contribution >= 4 is 31.5 Å². The van der Waals surface area contributed by atoms with Gasteiger partial charge >= 0.3 is 0 Å².